The molecule has 0 saturated carbocycles. The molecule has 0 unspecified atom stereocenters. The molecule has 0 aliphatic carbocycles. The standard InChI is InChI=1S/C21H17F3N6O4.C11H8O3/c1-25-17(31)10-33-13-4-2-3-11(7-13)28-20-26-9-14(22)18(30-20)27-12-5-6-16-15(8-12)29-19(32)21(23,24)34-16;12-10-8-4-2-1-3-7(8)5-6-9(10)11(13)14/h2-9H,10H2,1H3,(H,25,31)(H,29,32)(H2,26,27,28,30);1-6,12H,(H,13,14). The average molecular weight is 663 g/mol. The molecule has 0 saturated heterocycles. The van der Waals surface area contributed by atoms with Gasteiger partial charge in [0.05, 0.1) is 11.3 Å². The SMILES string of the molecule is CNC(=O)COc1cccc(Nc2nc(Nc3ccc4c(c3)NC(=O)C(F)(F)O4)c(F)c[nH+]2)c1.O=C(O)c1ccc2ccccc2c1[O-]. The number of fused-ring (bicyclic) bond motifs is 2. The average Bonchev–Trinajstić information content (AvgIpc) is 3.06. The minimum Gasteiger partial charge on any atom is -0.871 e. The number of carboxylic acid groups (broad SMARTS) is 1. The molecule has 1 aliphatic heterocycles. The lowest BCUT2D eigenvalue weighted by atomic mass is 10.1. The van der Waals surface area contributed by atoms with E-state index in [0.717, 1.165) is 11.6 Å². The number of aromatic nitrogens is 2. The number of benzene rings is 4. The molecule has 5 aromatic rings. The van der Waals surface area contributed by atoms with E-state index < -0.39 is 29.6 Å². The van der Waals surface area contributed by atoms with Gasteiger partial charge in [0.25, 0.3) is 5.91 Å². The number of carboxylic acids is 1. The predicted molar refractivity (Wildman–Crippen MR) is 164 cm³/mol. The maximum absolute atomic E-state index is 14.3. The van der Waals surface area contributed by atoms with E-state index in [-0.39, 0.29) is 47.0 Å². The van der Waals surface area contributed by atoms with Gasteiger partial charge >= 0.3 is 23.9 Å². The lowest BCUT2D eigenvalue weighted by Crippen LogP contribution is -2.43. The molecule has 0 fully saturated rings. The number of hydrogen-bond acceptors (Lipinski definition) is 9. The maximum Gasteiger partial charge on any atom is 0.482 e. The second-order valence-corrected chi connectivity index (χ2v) is 9.94. The quantitative estimate of drug-likeness (QED) is 0.161. The number of H-pyrrole nitrogens is 1. The number of carbonyl (C=O) groups is 3. The Kier molecular flexibility index (Phi) is 9.44. The van der Waals surface area contributed by atoms with E-state index in [1.807, 2.05) is 11.4 Å². The third-order valence-electron chi connectivity index (χ3n) is 6.63. The van der Waals surface area contributed by atoms with Crippen molar-refractivity contribution in [1.29, 1.82) is 0 Å². The number of alkyl halides is 2. The number of nitrogens with one attached hydrogen (secondary N) is 5. The molecule has 2 amide bonds. The van der Waals surface area contributed by atoms with Crippen LogP contribution < -0.4 is 40.8 Å². The predicted octanol–water partition coefficient (Wildman–Crippen LogP) is 4.18. The second-order valence-electron chi connectivity index (χ2n) is 9.94. The number of hydrogen-bond donors (Lipinski definition) is 5. The molecule has 246 valence electrons. The summed E-state index contributed by atoms with van der Waals surface area (Å²) in [4.78, 5) is 40.2. The summed E-state index contributed by atoms with van der Waals surface area (Å²) in [6, 6.07) is 20.5. The molecule has 0 spiro atoms. The minimum absolute atomic E-state index is 0.00394. The van der Waals surface area contributed by atoms with Crippen molar-refractivity contribution in [3.8, 4) is 17.2 Å². The summed E-state index contributed by atoms with van der Waals surface area (Å²) in [6.45, 7) is -0.154. The van der Waals surface area contributed by atoms with E-state index in [1.54, 1.807) is 48.5 Å². The van der Waals surface area contributed by atoms with Crippen molar-refractivity contribution in [2.24, 2.45) is 0 Å². The van der Waals surface area contributed by atoms with Gasteiger partial charge in [0, 0.05) is 18.8 Å². The van der Waals surface area contributed by atoms with Crippen molar-refractivity contribution in [2.45, 2.75) is 6.11 Å². The van der Waals surface area contributed by atoms with Crippen LogP contribution in [0.4, 0.5) is 42.0 Å². The summed E-state index contributed by atoms with van der Waals surface area (Å²) in [5, 5.41) is 31.7. The van der Waals surface area contributed by atoms with Gasteiger partial charge in [0.1, 0.15) is 17.6 Å². The monoisotopic (exact) mass is 662 g/mol. The summed E-state index contributed by atoms with van der Waals surface area (Å²) in [7, 11) is 1.50. The van der Waals surface area contributed by atoms with Crippen LogP contribution in [0.5, 0.6) is 17.2 Å². The van der Waals surface area contributed by atoms with Crippen LogP contribution >= 0.6 is 0 Å². The number of aromatic amines is 1. The van der Waals surface area contributed by atoms with Gasteiger partial charge in [-0.3, -0.25) is 9.59 Å². The number of likely N-dealkylation sites (N-methyl/N-ethyl adjacent to an activating group) is 1. The van der Waals surface area contributed by atoms with Crippen LogP contribution in [0.2, 0.25) is 0 Å². The smallest absolute Gasteiger partial charge is 0.482 e. The molecule has 0 radical (unpaired) electrons. The van der Waals surface area contributed by atoms with E-state index in [4.69, 9.17) is 9.84 Å². The van der Waals surface area contributed by atoms with Crippen LogP contribution in [-0.4, -0.2) is 47.6 Å². The topological polar surface area (TPSA) is 188 Å². The minimum atomic E-state index is -3.98. The van der Waals surface area contributed by atoms with Crippen LogP contribution in [0.3, 0.4) is 0 Å². The van der Waals surface area contributed by atoms with Crippen LogP contribution in [0.1, 0.15) is 10.4 Å². The Morgan fingerprint density at radius 1 is 1.04 bits per heavy atom. The first-order chi connectivity index (χ1) is 22.9. The number of amides is 2. The molecule has 0 atom stereocenters. The molecule has 1 aliphatic rings. The summed E-state index contributed by atoms with van der Waals surface area (Å²) < 4.78 is 50.8. The number of anilines is 5. The van der Waals surface area contributed by atoms with E-state index in [9.17, 15) is 32.7 Å². The third kappa shape index (κ3) is 7.61. The van der Waals surface area contributed by atoms with Crippen molar-refractivity contribution in [1.82, 2.24) is 10.3 Å². The largest absolute Gasteiger partial charge is 0.871 e. The molecule has 6 rings (SSSR count). The van der Waals surface area contributed by atoms with Crippen LogP contribution in [-0.2, 0) is 9.59 Å². The number of carbonyl (C=O) groups excluding carboxylic acids is 2. The fourth-order valence-electron chi connectivity index (χ4n) is 4.29. The Morgan fingerprint density at radius 2 is 1.81 bits per heavy atom. The second kappa shape index (κ2) is 13.8. The Bertz CT molecular complexity index is 2030. The number of ether oxygens (including phenoxy) is 2. The lowest BCUT2D eigenvalue weighted by Gasteiger charge is -2.25. The highest BCUT2D eigenvalue weighted by Crippen LogP contribution is 2.37. The highest BCUT2D eigenvalue weighted by molar-refractivity contribution is 6.00. The molecular weight excluding hydrogens is 637 g/mol. The summed E-state index contributed by atoms with van der Waals surface area (Å²) in [5.41, 5.74) is 0.630. The van der Waals surface area contributed by atoms with Gasteiger partial charge in [-0.05, 0) is 52.2 Å². The van der Waals surface area contributed by atoms with Crippen molar-refractivity contribution < 1.29 is 52.2 Å². The first-order valence-electron chi connectivity index (χ1n) is 13.9. The zero-order chi connectivity index (χ0) is 34.4. The van der Waals surface area contributed by atoms with Crippen molar-refractivity contribution in [3.05, 3.63) is 96.4 Å². The molecule has 1 aromatic heterocycles. The fourth-order valence-corrected chi connectivity index (χ4v) is 4.29. The third-order valence-corrected chi connectivity index (χ3v) is 6.63. The van der Waals surface area contributed by atoms with Crippen LogP contribution in [0, 0.1) is 5.82 Å². The zero-order valence-corrected chi connectivity index (χ0v) is 24.8. The van der Waals surface area contributed by atoms with Gasteiger partial charge in [0.2, 0.25) is 11.6 Å². The molecule has 16 heteroatoms. The highest BCUT2D eigenvalue weighted by atomic mass is 19.3. The fraction of sp³-hybridized carbons (Fsp3) is 0.0938. The van der Waals surface area contributed by atoms with E-state index in [2.05, 4.69) is 30.7 Å². The van der Waals surface area contributed by atoms with Gasteiger partial charge in [-0.1, -0.05) is 42.1 Å². The summed E-state index contributed by atoms with van der Waals surface area (Å²) in [6.07, 6.45) is -2.91. The van der Waals surface area contributed by atoms with Crippen molar-refractivity contribution in [3.63, 3.8) is 0 Å². The molecule has 2 heterocycles. The van der Waals surface area contributed by atoms with Gasteiger partial charge in [-0.2, -0.15) is 13.2 Å². The van der Waals surface area contributed by atoms with E-state index >= 15 is 0 Å². The number of rotatable bonds is 8. The molecule has 6 N–H and O–H groups in total. The molecular formula is C32H25F3N6O7. The first-order valence-corrected chi connectivity index (χ1v) is 13.9. The van der Waals surface area contributed by atoms with Crippen molar-refractivity contribution >= 4 is 57.4 Å². The number of nitrogens with zero attached hydrogens (tertiary/aromatic N) is 1. The summed E-state index contributed by atoms with van der Waals surface area (Å²) in [5.74, 6) is -4.03. The van der Waals surface area contributed by atoms with Crippen molar-refractivity contribution in [2.75, 3.05) is 29.6 Å². The van der Waals surface area contributed by atoms with E-state index in [0.29, 0.717) is 16.8 Å². The van der Waals surface area contributed by atoms with Crippen LogP contribution in [0.25, 0.3) is 10.8 Å². The van der Waals surface area contributed by atoms with E-state index in [1.165, 1.54) is 31.3 Å². The Labute approximate surface area is 269 Å². The molecule has 0 bridgehead atoms. The first kappa shape index (κ1) is 32.8. The van der Waals surface area contributed by atoms with Gasteiger partial charge in [-0.15, -0.1) is 0 Å². The Morgan fingerprint density at radius 3 is 2.58 bits per heavy atom. The lowest BCUT2D eigenvalue weighted by molar-refractivity contribution is -0.367. The zero-order valence-electron chi connectivity index (χ0n) is 24.8. The highest BCUT2D eigenvalue weighted by Gasteiger charge is 2.46. The Balaban J connectivity index is 0.000000267. The number of aromatic carboxylic acids is 1. The van der Waals surface area contributed by atoms with Crippen LogP contribution in [0.15, 0.2) is 85.1 Å². The van der Waals surface area contributed by atoms with Gasteiger partial charge in [0.15, 0.2) is 12.4 Å². The molecule has 4 aromatic carbocycles. The Hall–Kier alpha value is -6.58. The molecule has 13 nitrogen and oxygen atoms in total. The normalized spacial score (nSPS) is 12.7. The number of halogens is 3. The van der Waals surface area contributed by atoms with Gasteiger partial charge < -0.3 is 35.6 Å². The molecule has 48 heavy (non-hydrogen) atoms. The van der Waals surface area contributed by atoms with Gasteiger partial charge in [-0.25, -0.2) is 15.1 Å². The summed E-state index contributed by atoms with van der Waals surface area (Å²) >= 11 is 0. The maximum atomic E-state index is 14.3.